The molecule has 0 aliphatic carbocycles. The first-order valence-electron chi connectivity index (χ1n) is 6.44. The number of carbonyl (C=O) groups excluding carboxylic acids is 1. The molecule has 0 amide bonds. The quantitative estimate of drug-likeness (QED) is 0.614. The van der Waals surface area contributed by atoms with Crippen LogP contribution in [-0.4, -0.2) is 21.3 Å². The van der Waals surface area contributed by atoms with Crippen molar-refractivity contribution in [2.75, 3.05) is 5.75 Å². The van der Waals surface area contributed by atoms with Crippen LogP contribution in [0.3, 0.4) is 0 Å². The van der Waals surface area contributed by atoms with Gasteiger partial charge in [-0.1, -0.05) is 6.92 Å². The van der Waals surface area contributed by atoms with Gasteiger partial charge in [-0.2, -0.15) is 5.10 Å². The van der Waals surface area contributed by atoms with Crippen molar-refractivity contribution in [2.24, 2.45) is 0 Å². The SMILES string of the molecule is CCSc1ccc(C(=O)c2ccnn2C(C)C)cc1. The summed E-state index contributed by atoms with van der Waals surface area (Å²) in [5.74, 6) is 1.06. The van der Waals surface area contributed by atoms with Gasteiger partial charge >= 0.3 is 0 Å². The molecule has 0 N–H and O–H groups in total. The van der Waals surface area contributed by atoms with E-state index in [0.717, 1.165) is 5.75 Å². The van der Waals surface area contributed by atoms with Gasteiger partial charge in [0.1, 0.15) is 5.69 Å². The average Bonchev–Trinajstić information content (AvgIpc) is 2.88. The number of hydrogen-bond acceptors (Lipinski definition) is 3. The van der Waals surface area contributed by atoms with Crippen molar-refractivity contribution in [1.29, 1.82) is 0 Å². The minimum atomic E-state index is 0.0271. The highest BCUT2D eigenvalue weighted by Gasteiger charge is 2.15. The molecule has 19 heavy (non-hydrogen) atoms. The Morgan fingerprint density at radius 1 is 1.26 bits per heavy atom. The van der Waals surface area contributed by atoms with Gasteiger partial charge in [-0.05, 0) is 49.9 Å². The Kier molecular flexibility index (Phi) is 4.43. The van der Waals surface area contributed by atoms with Crippen molar-refractivity contribution >= 4 is 17.5 Å². The third-order valence-electron chi connectivity index (χ3n) is 2.82. The maximum Gasteiger partial charge on any atom is 0.211 e. The minimum absolute atomic E-state index is 0.0271. The standard InChI is InChI=1S/C15H18N2OS/c1-4-19-13-7-5-12(6-8-13)15(18)14-9-10-16-17(14)11(2)3/h5-11H,4H2,1-3H3. The van der Waals surface area contributed by atoms with E-state index in [1.807, 2.05) is 38.1 Å². The van der Waals surface area contributed by atoms with Crippen LogP contribution < -0.4 is 0 Å². The van der Waals surface area contributed by atoms with Crippen molar-refractivity contribution in [3.05, 3.63) is 47.8 Å². The number of rotatable bonds is 5. The maximum absolute atomic E-state index is 12.4. The Balaban J connectivity index is 2.26. The van der Waals surface area contributed by atoms with Gasteiger partial charge in [-0.3, -0.25) is 9.48 Å². The molecule has 0 bridgehead atoms. The fourth-order valence-corrected chi connectivity index (χ4v) is 2.58. The van der Waals surface area contributed by atoms with E-state index in [0.29, 0.717) is 11.3 Å². The third kappa shape index (κ3) is 3.07. The summed E-state index contributed by atoms with van der Waals surface area (Å²) in [7, 11) is 0. The zero-order valence-corrected chi connectivity index (χ0v) is 12.3. The van der Waals surface area contributed by atoms with E-state index in [9.17, 15) is 4.79 Å². The zero-order chi connectivity index (χ0) is 13.8. The fraction of sp³-hybridized carbons (Fsp3) is 0.333. The lowest BCUT2D eigenvalue weighted by atomic mass is 10.1. The van der Waals surface area contributed by atoms with Gasteiger partial charge in [-0.25, -0.2) is 0 Å². The molecule has 2 rings (SSSR count). The van der Waals surface area contributed by atoms with Crippen LogP contribution in [0.15, 0.2) is 41.4 Å². The Morgan fingerprint density at radius 3 is 2.53 bits per heavy atom. The summed E-state index contributed by atoms with van der Waals surface area (Å²) >= 11 is 1.77. The van der Waals surface area contributed by atoms with Crippen LogP contribution >= 0.6 is 11.8 Å². The van der Waals surface area contributed by atoms with E-state index in [-0.39, 0.29) is 11.8 Å². The van der Waals surface area contributed by atoms with Crippen LogP contribution in [0.25, 0.3) is 0 Å². The van der Waals surface area contributed by atoms with E-state index in [1.54, 1.807) is 28.7 Å². The van der Waals surface area contributed by atoms with Crippen molar-refractivity contribution in [3.63, 3.8) is 0 Å². The largest absolute Gasteiger partial charge is 0.287 e. The van der Waals surface area contributed by atoms with Crippen LogP contribution in [-0.2, 0) is 0 Å². The molecule has 0 unspecified atom stereocenters. The topological polar surface area (TPSA) is 34.9 Å². The third-order valence-corrected chi connectivity index (χ3v) is 3.71. The smallest absolute Gasteiger partial charge is 0.211 e. The van der Waals surface area contributed by atoms with Crippen molar-refractivity contribution in [2.45, 2.75) is 31.7 Å². The van der Waals surface area contributed by atoms with Crippen LogP contribution in [0.2, 0.25) is 0 Å². The molecule has 100 valence electrons. The number of ketones is 1. The Labute approximate surface area is 118 Å². The summed E-state index contributed by atoms with van der Waals surface area (Å²) in [5.41, 5.74) is 1.36. The molecule has 1 aromatic heterocycles. The van der Waals surface area contributed by atoms with E-state index >= 15 is 0 Å². The second-order valence-corrected chi connectivity index (χ2v) is 5.88. The number of hydrogen-bond donors (Lipinski definition) is 0. The zero-order valence-electron chi connectivity index (χ0n) is 11.5. The normalized spacial score (nSPS) is 10.9. The molecular weight excluding hydrogens is 256 g/mol. The molecule has 0 spiro atoms. The second-order valence-electron chi connectivity index (χ2n) is 4.54. The van der Waals surface area contributed by atoms with Crippen LogP contribution in [0, 0.1) is 0 Å². The van der Waals surface area contributed by atoms with Gasteiger partial charge in [0.2, 0.25) is 5.78 Å². The van der Waals surface area contributed by atoms with Gasteiger partial charge in [0, 0.05) is 22.7 Å². The van der Waals surface area contributed by atoms with Crippen molar-refractivity contribution < 1.29 is 4.79 Å². The summed E-state index contributed by atoms with van der Waals surface area (Å²) in [6.45, 7) is 6.15. The Hall–Kier alpha value is -1.55. The van der Waals surface area contributed by atoms with Gasteiger partial charge in [0.25, 0.3) is 0 Å². The van der Waals surface area contributed by atoms with Gasteiger partial charge in [0.05, 0.1) is 0 Å². The van der Waals surface area contributed by atoms with E-state index in [2.05, 4.69) is 12.0 Å². The molecule has 0 radical (unpaired) electrons. The summed E-state index contributed by atoms with van der Waals surface area (Å²) in [5, 5.41) is 4.20. The number of benzene rings is 1. The molecule has 1 aromatic carbocycles. The van der Waals surface area contributed by atoms with Gasteiger partial charge < -0.3 is 0 Å². The van der Waals surface area contributed by atoms with E-state index < -0.39 is 0 Å². The lowest BCUT2D eigenvalue weighted by Crippen LogP contribution is -2.13. The van der Waals surface area contributed by atoms with Crippen LogP contribution in [0.1, 0.15) is 42.9 Å². The average molecular weight is 274 g/mol. The summed E-state index contributed by atoms with van der Waals surface area (Å²) < 4.78 is 1.76. The molecule has 0 aliphatic rings. The monoisotopic (exact) mass is 274 g/mol. The predicted octanol–water partition coefficient (Wildman–Crippen LogP) is 3.81. The lowest BCUT2D eigenvalue weighted by molar-refractivity contribution is 0.102. The summed E-state index contributed by atoms with van der Waals surface area (Å²) in [6.07, 6.45) is 1.68. The van der Waals surface area contributed by atoms with Crippen molar-refractivity contribution in [1.82, 2.24) is 9.78 Å². The maximum atomic E-state index is 12.4. The summed E-state index contributed by atoms with van der Waals surface area (Å²) in [4.78, 5) is 13.6. The molecule has 0 saturated carbocycles. The fourth-order valence-electron chi connectivity index (χ4n) is 1.92. The van der Waals surface area contributed by atoms with Crippen LogP contribution in [0.4, 0.5) is 0 Å². The highest BCUT2D eigenvalue weighted by atomic mass is 32.2. The summed E-state index contributed by atoms with van der Waals surface area (Å²) in [6, 6.07) is 9.73. The molecule has 4 heteroatoms. The molecule has 2 aromatic rings. The molecule has 1 heterocycles. The number of aromatic nitrogens is 2. The first-order valence-corrected chi connectivity index (χ1v) is 7.43. The Bertz CT molecular complexity index is 558. The van der Waals surface area contributed by atoms with E-state index in [1.165, 1.54) is 4.90 Å². The van der Waals surface area contributed by atoms with Gasteiger partial charge in [-0.15, -0.1) is 11.8 Å². The van der Waals surface area contributed by atoms with Gasteiger partial charge in [0.15, 0.2) is 0 Å². The molecule has 0 fully saturated rings. The molecule has 0 atom stereocenters. The molecule has 3 nitrogen and oxygen atoms in total. The molecule has 0 aliphatic heterocycles. The Morgan fingerprint density at radius 2 is 1.95 bits per heavy atom. The highest BCUT2D eigenvalue weighted by Crippen LogP contribution is 2.20. The van der Waals surface area contributed by atoms with Crippen molar-refractivity contribution in [3.8, 4) is 0 Å². The first-order chi connectivity index (χ1) is 9.13. The lowest BCUT2D eigenvalue weighted by Gasteiger charge is -2.10. The minimum Gasteiger partial charge on any atom is -0.287 e. The number of thioether (sulfide) groups is 1. The van der Waals surface area contributed by atoms with E-state index in [4.69, 9.17) is 0 Å². The number of nitrogens with zero attached hydrogens (tertiary/aromatic N) is 2. The molecule has 0 saturated heterocycles. The number of carbonyl (C=O) groups is 1. The predicted molar refractivity (Wildman–Crippen MR) is 78.9 cm³/mol. The molecular formula is C15H18N2OS. The van der Waals surface area contributed by atoms with Crippen LogP contribution in [0.5, 0.6) is 0 Å². The highest BCUT2D eigenvalue weighted by molar-refractivity contribution is 7.99. The second kappa shape index (κ2) is 6.06. The first kappa shape index (κ1) is 13.9.